The number of cyclic esters (lactones) is 2. The molecule has 86 valence electrons. The second kappa shape index (κ2) is 4.91. The van der Waals surface area contributed by atoms with Crippen molar-refractivity contribution in [2.45, 2.75) is 12.0 Å². The van der Waals surface area contributed by atoms with Crippen molar-refractivity contribution in [3.63, 3.8) is 0 Å². The predicted octanol–water partition coefficient (Wildman–Crippen LogP) is 3.64. The number of carbonyl (C=O) groups excluding carboxylic acids is 1. The Morgan fingerprint density at radius 3 is 2.62 bits per heavy atom. The van der Waals surface area contributed by atoms with Gasteiger partial charge in [-0.2, -0.15) is 0 Å². The van der Waals surface area contributed by atoms with E-state index in [9.17, 15) is 4.79 Å². The summed E-state index contributed by atoms with van der Waals surface area (Å²) in [5.74, 6) is 0. The average molecular weight is 397 g/mol. The summed E-state index contributed by atoms with van der Waals surface area (Å²) in [5, 5.41) is 0. The molecule has 0 amide bonds. The van der Waals surface area contributed by atoms with E-state index < -0.39 is 11.8 Å². The SMILES string of the molecule is O=C1OCC[C@](CI)(c2ccc(Br)cc2)O1. The van der Waals surface area contributed by atoms with Gasteiger partial charge in [0.2, 0.25) is 0 Å². The molecule has 1 aliphatic rings. The Hall–Kier alpha value is -0.300. The highest BCUT2D eigenvalue weighted by Crippen LogP contribution is 2.35. The molecule has 16 heavy (non-hydrogen) atoms. The third-order valence-corrected chi connectivity index (χ3v) is 4.35. The third kappa shape index (κ3) is 2.34. The van der Waals surface area contributed by atoms with E-state index in [-0.39, 0.29) is 0 Å². The van der Waals surface area contributed by atoms with Gasteiger partial charge in [-0.3, -0.25) is 0 Å². The number of alkyl halides is 1. The van der Waals surface area contributed by atoms with Crippen LogP contribution in [0.3, 0.4) is 0 Å². The molecule has 1 fully saturated rings. The van der Waals surface area contributed by atoms with Gasteiger partial charge >= 0.3 is 6.16 Å². The van der Waals surface area contributed by atoms with E-state index in [1.165, 1.54) is 0 Å². The molecule has 0 aromatic heterocycles. The van der Waals surface area contributed by atoms with Gasteiger partial charge in [-0.15, -0.1) is 0 Å². The topological polar surface area (TPSA) is 35.5 Å². The number of benzene rings is 1. The lowest BCUT2D eigenvalue weighted by atomic mass is 9.92. The van der Waals surface area contributed by atoms with Crippen LogP contribution in [0.15, 0.2) is 28.7 Å². The number of carbonyl (C=O) groups is 1. The van der Waals surface area contributed by atoms with E-state index in [2.05, 4.69) is 38.5 Å². The van der Waals surface area contributed by atoms with Crippen LogP contribution in [0.5, 0.6) is 0 Å². The van der Waals surface area contributed by atoms with Crippen molar-refractivity contribution in [1.82, 2.24) is 0 Å². The molecule has 1 atom stereocenters. The van der Waals surface area contributed by atoms with Gasteiger partial charge in [0.25, 0.3) is 0 Å². The summed E-state index contributed by atoms with van der Waals surface area (Å²) in [7, 11) is 0. The minimum absolute atomic E-state index is 0.415. The van der Waals surface area contributed by atoms with Gasteiger partial charge in [0.1, 0.15) is 0 Å². The standard InChI is InChI=1S/C11H10BrIO3/c12-9-3-1-8(2-4-9)11(7-13)5-6-15-10(14)16-11/h1-4H,5-7H2/t11-/m0/s1. The second-order valence-electron chi connectivity index (χ2n) is 3.59. The van der Waals surface area contributed by atoms with E-state index >= 15 is 0 Å². The van der Waals surface area contributed by atoms with Crippen molar-refractivity contribution in [1.29, 1.82) is 0 Å². The largest absolute Gasteiger partial charge is 0.509 e. The highest BCUT2D eigenvalue weighted by molar-refractivity contribution is 14.1. The quantitative estimate of drug-likeness (QED) is 0.435. The van der Waals surface area contributed by atoms with Crippen molar-refractivity contribution >= 4 is 44.7 Å². The molecule has 3 nitrogen and oxygen atoms in total. The Morgan fingerprint density at radius 2 is 2.06 bits per heavy atom. The van der Waals surface area contributed by atoms with Crippen LogP contribution in [-0.4, -0.2) is 17.2 Å². The lowest BCUT2D eigenvalue weighted by molar-refractivity contribution is -0.0750. The van der Waals surface area contributed by atoms with Crippen molar-refractivity contribution in [3.8, 4) is 0 Å². The van der Waals surface area contributed by atoms with Gasteiger partial charge in [-0.25, -0.2) is 4.79 Å². The molecule has 0 aliphatic carbocycles. The number of halogens is 2. The molecule has 0 saturated carbocycles. The maximum absolute atomic E-state index is 11.2. The first-order valence-electron chi connectivity index (χ1n) is 4.84. The van der Waals surface area contributed by atoms with Crippen LogP contribution in [0.4, 0.5) is 4.79 Å². The fourth-order valence-corrected chi connectivity index (χ4v) is 2.91. The van der Waals surface area contributed by atoms with Gasteiger partial charge in [0.15, 0.2) is 5.60 Å². The number of rotatable bonds is 2. The Kier molecular flexibility index (Phi) is 3.73. The van der Waals surface area contributed by atoms with Gasteiger partial charge in [-0.1, -0.05) is 50.7 Å². The minimum atomic E-state index is -0.578. The molecule has 2 rings (SSSR count). The van der Waals surface area contributed by atoms with E-state index in [0.717, 1.165) is 14.5 Å². The summed E-state index contributed by atoms with van der Waals surface area (Å²) in [6.45, 7) is 0.415. The molecule has 1 aromatic rings. The summed E-state index contributed by atoms with van der Waals surface area (Å²) in [5.41, 5.74) is 0.484. The molecular weight excluding hydrogens is 387 g/mol. The molecule has 1 heterocycles. The molecular formula is C11H10BrIO3. The number of hydrogen-bond acceptors (Lipinski definition) is 3. The molecule has 1 saturated heterocycles. The molecule has 0 bridgehead atoms. The molecule has 1 aliphatic heterocycles. The van der Waals surface area contributed by atoms with Crippen LogP contribution in [-0.2, 0) is 15.1 Å². The molecule has 5 heteroatoms. The summed E-state index contributed by atoms with van der Waals surface area (Å²) >= 11 is 5.62. The lowest BCUT2D eigenvalue weighted by Crippen LogP contribution is -2.40. The smallest absolute Gasteiger partial charge is 0.434 e. The van der Waals surface area contributed by atoms with Crippen molar-refractivity contribution in [2.24, 2.45) is 0 Å². The zero-order chi connectivity index (χ0) is 11.6. The zero-order valence-electron chi connectivity index (χ0n) is 8.41. The van der Waals surface area contributed by atoms with Crippen LogP contribution >= 0.6 is 38.5 Å². The maximum atomic E-state index is 11.2. The summed E-state index contributed by atoms with van der Waals surface area (Å²) in [6.07, 6.45) is 0.120. The Morgan fingerprint density at radius 1 is 1.38 bits per heavy atom. The Balaban J connectivity index is 2.33. The molecule has 1 aromatic carbocycles. The summed E-state index contributed by atoms with van der Waals surface area (Å²) < 4.78 is 11.9. The average Bonchev–Trinajstić information content (AvgIpc) is 2.29. The first-order valence-corrected chi connectivity index (χ1v) is 7.16. The van der Waals surface area contributed by atoms with Crippen LogP contribution in [0.1, 0.15) is 12.0 Å². The van der Waals surface area contributed by atoms with Crippen LogP contribution in [0, 0.1) is 0 Å². The summed E-state index contributed by atoms with van der Waals surface area (Å²) in [4.78, 5) is 11.2. The first-order chi connectivity index (χ1) is 7.66. The lowest BCUT2D eigenvalue weighted by Gasteiger charge is -2.35. The van der Waals surface area contributed by atoms with Crippen molar-refractivity contribution in [3.05, 3.63) is 34.3 Å². The number of ether oxygens (including phenoxy) is 2. The maximum Gasteiger partial charge on any atom is 0.509 e. The highest BCUT2D eigenvalue weighted by Gasteiger charge is 2.39. The predicted molar refractivity (Wildman–Crippen MR) is 71.8 cm³/mol. The first kappa shape index (κ1) is 12.2. The van der Waals surface area contributed by atoms with Crippen molar-refractivity contribution < 1.29 is 14.3 Å². The minimum Gasteiger partial charge on any atom is -0.434 e. The molecule has 0 spiro atoms. The fraction of sp³-hybridized carbons (Fsp3) is 0.364. The fourth-order valence-electron chi connectivity index (χ4n) is 1.67. The van der Waals surface area contributed by atoms with Crippen LogP contribution < -0.4 is 0 Å². The van der Waals surface area contributed by atoms with Crippen LogP contribution in [0.2, 0.25) is 0 Å². The van der Waals surface area contributed by atoms with E-state index in [1.807, 2.05) is 24.3 Å². The third-order valence-electron chi connectivity index (χ3n) is 2.59. The van der Waals surface area contributed by atoms with Gasteiger partial charge in [0, 0.05) is 15.3 Å². The van der Waals surface area contributed by atoms with Gasteiger partial charge in [0.05, 0.1) is 6.61 Å². The Labute approximate surface area is 116 Å². The molecule has 0 radical (unpaired) electrons. The van der Waals surface area contributed by atoms with Gasteiger partial charge < -0.3 is 9.47 Å². The molecule has 0 N–H and O–H groups in total. The zero-order valence-corrected chi connectivity index (χ0v) is 12.2. The van der Waals surface area contributed by atoms with Gasteiger partial charge in [-0.05, 0) is 17.7 Å². The normalized spacial score (nSPS) is 24.8. The number of hydrogen-bond donors (Lipinski definition) is 0. The highest BCUT2D eigenvalue weighted by atomic mass is 127. The summed E-state index contributed by atoms with van der Waals surface area (Å²) in [6, 6.07) is 7.85. The van der Waals surface area contributed by atoms with Crippen LogP contribution in [0.25, 0.3) is 0 Å². The Bertz CT molecular complexity index is 393. The van der Waals surface area contributed by atoms with E-state index in [4.69, 9.17) is 9.47 Å². The van der Waals surface area contributed by atoms with Crippen molar-refractivity contribution in [2.75, 3.05) is 11.0 Å². The second-order valence-corrected chi connectivity index (χ2v) is 5.26. The van der Waals surface area contributed by atoms with E-state index in [0.29, 0.717) is 13.0 Å². The molecule has 0 unspecified atom stereocenters. The monoisotopic (exact) mass is 396 g/mol. The van der Waals surface area contributed by atoms with E-state index in [1.54, 1.807) is 0 Å².